The van der Waals surface area contributed by atoms with Crippen LogP contribution in [0, 0.1) is 0 Å². The Morgan fingerprint density at radius 2 is 2.24 bits per heavy atom. The van der Waals surface area contributed by atoms with Crippen molar-refractivity contribution in [3.8, 4) is 5.75 Å². The van der Waals surface area contributed by atoms with Crippen molar-refractivity contribution >= 4 is 29.0 Å². The number of ether oxygens (including phenoxy) is 1. The van der Waals surface area contributed by atoms with Crippen LogP contribution >= 0.6 is 23.2 Å². The van der Waals surface area contributed by atoms with Gasteiger partial charge < -0.3 is 4.74 Å². The lowest BCUT2D eigenvalue weighted by Gasteiger charge is -2.15. The molecule has 0 fully saturated rings. The summed E-state index contributed by atoms with van der Waals surface area (Å²) in [5.41, 5.74) is 3.15. The molecule has 0 atom stereocenters. The molecule has 0 aliphatic heterocycles. The second-order valence-corrected chi connectivity index (χ2v) is 4.64. The van der Waals surface area contributed by atoms with Gasteiger partial charge in [0, 0.05) is 17.5 Å². The molecule has 17 heavy (non-hydrogen) atoms. The first-order chi connectivity index (χ1) is 8.20. The van der Waals surface area contributed by atoms with Gasteiger partial charge in [0.05, 0.1) is 5.03 Å². The van der Waals surface area contributed by atoms with Crippen molar-refractivity contribution in [2.24, 2.45) is 0 Å². The third kappa shape index (κ3) is 3.02. The first-order valence-electron chi connectivity index (χ1n) is 5.44. The van der Waals surface area contributed by atoms with E-state index < -0.39 is 0 Å². The van der Waals surface area contributed by atoms with Gasteiger partial charge in [0.15, 0.2) is 5.78 Å². The van der Waals surface area contributed by atoms with Crippen LogP contribution in [-0.4, -0.2) is 12.4 Å². The minimum atomic E-state index is 0.190. The van der Waals surface area contributed by atoms with E-state index in [0.717, 1.165) is 24.0 Å². The Balaban J connectivity index is 2.15. The van der Waals surface area contributed by atoms with E-state index in [-0.39, 0.29) is 12.4 Å². The molecule has 0 saturated heterocycles. The Morgan fingerprint density at radius 3 is 3.00 bits per heavy atom. The zero-order valence-electron chi connectivity index (χ0n) is 9.21. The summed E-state index contributed by atoms with van der Waals surface area (Å²) in [4.78, 5) is 11.7. The van der Waals surface area contributed by atoms with Gasteiger partial charge in [0.1, 0.15) is 12.4 Å². The van der Waals surface area contributed by atoms with Crippen molar-refractivity contribution in [2.75, 3.05) is 6.61 Å². The molecule has 0 spiro atoms. The first-order valence-corrected chi connectivity index (χ1v) is 6.26. The van der Waals surface area contributed by atoms with Crippen molar-refractivity contribution < 1.29 is 9.53 Å². The van der Waals surface area contributed by atoms with E-state index in [1.807, 2.05) is 12.1 Å². The number of halogens is 2. The average Bonchev–Trinajstić information content (AvgIpc) is 2.36. The van der Waals surface area contributed by atoms with Gasteiger partial charge >= 0.3 is 0 Å². The highest BCUT2D eigenvalue weighted by atomic mass is 35.5. The van der Waals surface area contributed by atoms with Crippen molar-refractivity contribution in [2.45, 2.75) is 19.3 Å². The first kappa shape index (κ1) is 12.5. The van der Waals surface area contributed by atoms with Crippen molar-refractivity contribution in [3.05, 3.63) is 39.9 Å². The summed E-state index contributed by atoms with van der Waals surface area (Å²) in [6.07, 6.45) is 2.52. The van der Waals surface area contributed by atoms with Crippen LogP contribution in [0.3, 0.4) is 0 Å². The Kier molecular flexibility index (Phi) is 4.08. The highest BCUT2D eigenvalue weighted by Crippen LogP contribution is 2.25. The number of hydrogen-bond acceptors (Lipinski definition) is 2. The van der Waals surface area contributed by atoms with E-state index in [0.29, 0.717) is 17.2 Å². The number of fused-ring (bicyclic) bond motifs is 1. The number of Topliss-reactive ketones (excluding diaryl/α,β-unsaturated/α-hetero) is 1. The highest BCUT2D eigenvalue weighted by molar-refractivity contribution is 6.36. The number of benzene rings is 1. The topological polar surface area (TPSA) is 26.3 Å². The average molecular weight is 271 g/mol. The Bertz CT molecular complexity index is 466. The van der Waals surface area contributed by atoms with Gasteiger partial charge in [-0.25, -0.2) is 0 Å². The van der Waals surface area contributed by atoms with Crippen molar-refractivity contribution in [1.82, 2.24) is 0 Å². The fourth-order valence-electron chi connectivity index (χ4n) is 1.88. The molecule has 0 bridgehead atoms. The standard InChI is InChI=1S/C13H12Cl2O2/c14-7-10(15)8-17-11-5-4-9-2-1-3-13(16)12(9)6-11/h4-7H,1-3,8H2/b10-7+. The van der Waals surface area contributed by atoms with Gasteiger partial charge in [-0.05, 0) is 30.5 Å². The summed E-state index contributed by atoms with van der Waals surface area (Å²) in [6, 6.07) is 5.59. The van der Waals surface area contributed by atoms with Crippen LogP contribution < -0.4 is 4.74 Å². The zero-order valence-corrected chi connectivity index (χ0v) is 10.7. The monoisotopic (exact) mass is 270 g/mol. The van der Waals surface area contributed by atoms with E-state index in [9.17, 15) is 4.79 Å². The number of rotatable bonds is 3. The molecule has 0 unspecified atom stereocenters. The molecule has 0 amide bonds. The minimum Gasteiger partial charge on any atom is -0.488 e. The summed E-state index contributed by atoms with van der Waals surface area (Å²) in [5, 5.41) is 0.427. The molecule has 1 aromatic carbocycles. The number of hydrogen-bond donors (Lipinski definition) is 0. The zero-order chi connectivity index (χ0) is 12.3. The van der Waals surface area contributed by atoms with E-state index >= 15 is 0 Å². The van der Waals surface area contributed by atoms with E-state index in [2.05, 4.69) is 0 Å². The van der Waals surface area contributed by atoms with Gasteiger partial charge in [-0.15, -0.1) is 0 Å². The van der Waals surface area contributed by atoms with Crippen molar-refractivity contribution in [3.63, 3.8) is 0 Å². The second-order valence-electron chi connectivity index (χ2n) is 3.94. The lowest BCUT2D eigenvalue weighted by atomic mass is 9.90. The van der Waals surface area contributed by atoms with E-state index in [4.69, 9.17) is 27.9 Å². The third-order valence-electron chi connectivity index (χ3n) is 2.73. The molecular weight excluding hydrogens is 259 g/mol. The summed E-state index contributed by atoms with van der Waals surface area (Å²) in [5.74, 6) is 0.839. The number of aryl methyl sites for hydroxylation is 1. The van der Waals surface area contributed by atoms with Gasteiger partial charge in [-0.2, -0.15) is 0 Å². The fourth-order valence-corrected chi connectivity index (χ4v) is 2.00. The third-order valence-corrected chi connectivity index (χ3v) is 3.32. The SMILES string of the molecule is O=C1CCCc2ccc(OC/C(Cl)=C\Cl)cc21. The van der Waals surface area contributed by atoms with Crippen LogP contribution in [0.4, 0.5) is 0 Å². The molecule has 1 aromatic rings. The fraction of sp³-hybridized carbons (Fsp3) is 0.308. The predicted octanol–water partition coefficient (Wildman–Crippen LogP) is 3.90. The summed E-state index contributed by atoms with van der Waals surface area (Å²) in [6.45, 7) is 0.220. The summed E-state index contributed by atoms with van der Waals surface area (Å²) in [7, 11) is 0. The maximum absolute atomic E-state index is 11.7. The summed E-state index contributed by atoms with van der Waals surface area (Å²) < 4.78 is 5.44. The van der Waals surface area contributed by atoms with Gasteiger partial charge in [0.25, 0.3) is 0 Å². The largest absolute Gasteiger partial charge is 0.488 e. The molecule has 1 aliphatic carbocycles. The molecule has 0 heterocycles. The van der Waals surface area contributed by atoms with Crippen LogP contribution in [0.25, 0.3) is 0 Å². The van der Waals surface area contributed by atoms with Gasteiger partial charge in [0.2, 0.25) is 0 Å². The molecule has 1 aliphatic rings. The lowest BCUT2D eigenvalue weighted by Crippen LogP contribution is -2.11. The van der Waals surface area contributed by atoms with Crippen LogP contribution in [0.15, 0.2) is 28.8 Å². The lowest BCUT2D eigenvalue weighted by molar-refractivity contribution is 0.0972. The Morgan fingerprint density at radius 1 is 1.41 bits per heavy atom. The van der Waals surface area contributed by atoms with Crippen LogP contribution in [0.5, 0.6) is 5.75 Å². The molecule has 0 N–H and O–H groups in total. The molecule has 4 heteroatoms. The van der Waals surface area contributed by atoms with Crippen LogP contribution in [-0.2, 0) is 6.42 Å². The molecule has 0 radical (unpaired) electrons. The summed E-state index contributed by atoms with van der Waals surface area (Å²) >= 11 is 11.2. The van der Waals surface area contributed by atoms with Crippen molar-refractivity contribution in [1.29, 1.82) is 0 Å². The minimum absolute atomic E-state index is 0.190. The highest BCUT2D eigenvalue weighted by Gasteiger charge is 2.17. The van der Waals surface area contributed by atoms with Gasteiger partial charge in [-0.3, -0.25) is 4.79 Å². The molecule has 0 aromatic heterocycles. The van der Waals surface area contributed by atoms with E-state index in [1.54, 1.807) is 6.07 Å². The van der Waals surface area contributed by atoms with Crippen LogP contribution in [0.2, 0.25) is 0 Å². The quantitative estimate of drug-likeness (QED) is 0.833. The maximum Gasteiger partial charge on any atom is 0.163 e. The molecular formula is C13H12Cl2O2. The smallest absolute Gasteiger partial charge is 0.163 e. The Labute approximate surface area is 110 Å². The molecule has 2 rings (SSSR count). The molecule has 0 saturated carbocycles. The molecule has 2 nitrogen and oxygen atoms in total. The number of ketones is 1. The Hall–Kier alpha value is -0.990. The molecule has 90 valence electrons. The number of carbonyl (C=O) groups excluding carboxylic acids is 1. The number of carbonyl (C=O) groups is 1. The maximum atomic E-state index is 11.7. The predicted molar refractivity (Wildman–Crippen MR) is 69.0 cm³/mol. The second kappa shape index (κ2) is 5.56. The van der Waals surface area contributed by atoms with Crippen LogP contribution in [0.1, 0.15) is 28.8 Å². The van der Waals surface area contributed by atoms with Gasteiger partial charge in [-0.1, -0.05) is 29.3 Å². The van der Waals surface area contributed by atoms with E-state index in [1.165, 1.54) is 5.54 Å². The normalized spacial score (nSPS) is 15.6.